The van der Waals surface area contributed by atoms with E-state index in [4.69, 9.17) is 0 Å². The number of benzene rings is 3. The average molecular weight is 406 g/mol. The lowest BCUT2D eigenvalue weighted by Gasteiger charge is -2.34. The van der Waals surface area contributed by atoms with Crippen molar-refractivity contribution < 1.29 is 14.0 Å². The Morgan fingerprint density at radius 3 is 2.30 bits per heavy atom. The summed E-state index contributed by atoms with van der Waals surface area (Å²) in [5, 5.41) is 7.85. The highest BCUT2D eigenvalue weighted by Gasteiger charge is 2.22. The summed E-state index contributed by atoms with van der Waals surface area (Å²) in [5.41, 5.74) is 1.36. The molecule has 2 N–H and O–H groups in total. The molecule has 0 bridgehead atoms. The van der Waals surface area contributed by atoms with Crippen LogP contribution in [0.1, 0.15) is 0 Å². The number of nitrogens with one attached hydrogen (secondary N) is 2. The minimum atomic E-state index is -0.342. The molecular weight excluding hydrogens is 383 g/mol. The van der Waals surface area contributed by atoms with Crippen LogP contribution in [0.2, 0.25) is 0 Å². The van der Waals surface area contributed by atoms with Crippen molar-refractivity contribution in [3.63, 3.8) is 0 Å². The number of hydrogen-bond donors (Lipinski definition) is 2. The Hall–Kier alpha value is -3.45. The maximum Gasteiger partial charge on any atom is 0.321 e. The molecule has 0 aromatic heterocycles. The van der Waals surface area contributed by atoms with Gasteiger partial charge in [0.2, 0.25) is 5.91 Å². The molecule has 154 valence electrons. The van der Waals surface area contributed by atoms with E-state index in [-0.39, 0.29) is 24.3 Å². The zero-order valence-electron chi connectivity index (χ0n) is 16.5. The number of piperazine rings is 1. The number of carbonyl (C=O) groups is 2. The van der Waals surface area contributed by atoms with Gasteiger partial charge in [-0.25, -0.2) is 9.18 Å². The molecule has 4 rings (SSSR count). The highest BCUT2D eigenvalue weighted by atomic mass is 19.1. The Morgan fingerprint density at radius 2 is 1.53 bits per heavy atom. The van der Waals surface area contributed by atoms with Gasteiger partial charge in [-0.2, -0.15) is 0 Å². The summed E-state index contributed by atoms with van der Waals surface area (Å²) in [6.45, 7) is 2.54. The van der Waals surface area contributed by atoms with Crippen LogP contribution in [0, 0.1) is 5.82 Å². The van der Waals surface area contributed by atoms with E-state index in [1.807, 2.05) is 47.4 Å². The maximum atomic E-state index is 13.0. The van der Waals surface area contributed by atoms with E-state index in [1.54, 1.807) is 4.90 Å². The van der Waals surface area contributed by atoms with Crippen LogP contribution in [-0.2, 0) is 4.79 Å². The van der Waals surface area contributed by atoms with E-state index in [1.165, 1.54) is 24.3 Å². The third kappa shape index (κ3) is 4.75. The Balaban J connectivity index is 1.28. The highest BCUT2D eigenvalue weighted by Crippen LogP contribution is 2.23. The summed E-state index contributed by atoms with van der Waals surface area (Å²) < 4.78 is 13.0. The summed E-state index contributed by atoms with van der Waals surface area (Å²) in [5.74, 6) is -0.499. The second kappa shape index (κ2) is 8.92. The molecule has 1 heterocycles. The van der Waals surface area contributed by atoms with Crippen LogP contribution >= 0.6 is 0 Å². The molecule has 3 aromatic carbocycles. The number of urea groups is 1. The molecule has 1 saturated heterocycles. The number of rotatable bonds is 4. The van der Waals surface area contributed by atoms with E-state index in [9.17, 15) is 14.0 Å². The van der Waals surface area contributed by atoms with Gasteiger partial charge in [0, 0.05) is 37.3 Å². The Kier molecular flexibility index (Phi) is 5.90. The fraction of sp³-hybridized carbons (Fsp3) is 0.217. The Morgan fingerprint density at radius 1 is 0.833 bits per heavy atom. The van der Waals surface area contributed by atoms with Crippen molar-refractivity contribution in [2.75, 3.05) is 43.4 Å². The number of amides is 3. The summed E-state index contributed by atoms with van der Waals surface area (Å²) in [6, 6.07) is 19.3. The van der Waals surface area contributed by atoms with Crippen LogP contribution in [0.5, 0.6) is 0 Å². The van der Waals surface area contributed by atoms with Crippen molar-refractivity contribution >= 4 is 34.1 Å². The first kappa shape index (κ1) is 19.8. The summed E-state index contributed by atoms with van der Waals surface area (Å²) in [7, 11) is 0. The monoisotopic (exact) mass is 406 g/mol. The van der Waals surface area contributed by atoms with Crippen molar-refractivity contribution in [3.05, 3.63) is 72.5 Å². The van der Waals surface area contributed by atoms with Gasteiger partial charge in [-0.05, 0) is 35.7 Å². The van der Waals surface area contributed by atoms with Crippen LogP contribution in [0.15, 0.2) is 66.7 Å². The summed E-state index contributed by atoms with van der Waals surface area (Å²) in [4.78, 5) is 28.7. The van der Waals surface area contributed by atoms with Crippen LogP contribution in [-0.4, -0.2) is 54.5 Å². The average Bonchev–Trinajstić information content (AvgIpc) is 2.76. The number of halogens is 1. The van der Waals surface area contributed by atoms with Gasteiger partial charge in [0.25, 0.3) is 0 Å². The van der Waals surface area contributed by atoms with Crippen molar-refractivity contribution in [2.24, 2.45) is 0 Å². The molecule has 6 nitrogen and oxygen atoms in total. The molecule has 1 aliphatic rings. The van der Waals surface area contributed by atoms with Gasteiger partial charge in [0.1, 0.15) is 5.82 Å². The topological polar surface area (TPSA) is 64.7 Å². The van der Waals surface area contributed by atoms with E-state index >= 15 is 0 Å². The van der Waals surface area contributed by atoms with Crippen molar-refractivity contribution in [1.29, 1.82) is 0 Å². The van der Waals surface area contributed by atoms with Crippen LogP contribution in [0.4, 0.5) is 20.6 Å². The molecular formula is C23H23FN4O2. The predicted molar refractivity (Wildman–Crippen MR) is 116 cm³/mol. The lowest BCUT2D eigenvalue weighted by Crippen LogP contribution is -2.51. The molecule has 7 heteroatoms. The zero-order valence-corrected chi connectivity index (χ0v) is 16.5. The van der Waals surface area contributed by atoms with E-state index < -0.39 is 0 Å². The van der Waals surface area contributed by atoms with Crippen molar-refractivity contribution in [2.45, 2.75) is 0 Å². The molecule has 1 fully saturated rings. The summed E-state index contributed by atoms with van der Waals surface area (Å²) in [6.07, 6.45) is 0. The molecule has 0 saturated carbocycles. The molecule has 30 heavy (non-hydrogen) atoms. The van der Waals surface area contributed by atoms with Crippen molar-refractivity contribution in [3.8, 4) is 0 Å². The lowest BCUT2D eigenvalue weighted by atomic mass is 10.1. The van der Waals surface area contributed by atoms with Gasteiger partial charge in [0.15, 0.2) is 0 Å². The fourth-order valence-corrected chi connectivity index (χ4v) is 3.57. The summed E-state index contributed by atoms with van der Waals surface area (Å²) >= 11 is 0. The molecule has 3 amide bonds. The van der Waals surface area contributed by atoms with Crippen LogP contribution in [0.25, 0.3) is 10.8 Å². The van der Waals surface area contributed by atoms with Gasteiger partial charge in [0.05, 0.1) is 12.2 Å². The second-order valence-electron chi connectivity index (χ2n) is 7.28. The van der Waals surface area contributed by atoms with Gasteiger partial charge in [-0.1, -0.05) is 36.4 Å². The quantitative estimate of drug-likeness (QED) is 0.693. The molecule has 1 aliphatic heterocycles. The molecule has 0 radical (unpaired) electrons. The van der Waals surface area contributed by atoms with E-state index in [0.717, 1.165) is 16.5 Å². The van der Waals surface area contributed by atoms with Gasteiger partial charge < -0.3 is 15.5 Å². The first-order chi connectivity index (χ1) is 14.6. The molecule has 0 aliphatic carbocycles. The fourth-order valence-electron chi connectivity index (χ4n) is 3.57. The third-order valence-corrected chi connectivity index (χ3v) is 5.19. The Bertz CT molecular complexity index is 1040. The first-order valence-corrected chi connectivity index (χ1v) is 9.90. The minimum absolute atomic E-state index is 0.137. The van der Waals surface area contributed by atoms with Gasteiger partial charge in [-0.15, -0.1) is 0 Å². The predicted octanol–water partition coefficient (Wildman–Crippen LogP) is 3.77. The zero-order chi connectivity index (χ0) is 20.9. The molecule has 0 unspecified atom stereocenters. The molecule has 0 atom stereocenters. The minimum Gasteiger partial charge on any atom is -0.325 e. The number of hydrogen-bond acceptors (Lipinski definition) is 3. The first-order valence-electron chi connectivity index (χ1n) is 9.90. The van der Waals surface area contributed by atoms with E-state index in [0.29, 0.717) is 31.9 Å². The number of fused-ring (bicyclic) bond motifs is 1. The smallest absolute Gasteiger partial charge is 0.321 e. The second-order valence-corrected chi connectivity index (χ2v) is 7.28. The standard InChI is InChI=1S/C23H23FN4O2/c24-18-8-10-19(11-9-18)25-22(29)16-27-12-14-28(15-13-27)23(30)26-21-7-3-5-17-4-1-2-6-20(17)21/h1-11H,12-16H2,(H,25,29)(H,26,30). The largest absolute Gasteiger partial charge is 0.325 e. The third-order valence-electron chi connectivity index (χ3n) is 5.19. The SMILES string of the molecule is O=C(CN1CCN(C(=O)Nc2cccc3ccccc23)CC1)Nc1ccc(F)cc1. The Labute approximate surface area is 174 Å². The number of carbonyl (C=O) groups excluding carboxylic acids is 2. The van der Waals surface area contributed by atoms with Crippen molar-refractivity contribution in [1.82, 2.24) is 9.80 Å². The number of anilines is 2. The van der Waals surface area contributed by atoms with Gasteiger partial charge in [-0.3, -0.25) is 9.69 Å². The number of nitrogens with zero attached hydrogens (tertiary/aromatic N) is 2. The van der Waals surface area contributed by atoms with Crippen LogP contribution < -0.4 is 10.6 Å². The highest BCUT2D eigenvalue weighted by molar-refractivity contribution is 6.01. The normalized spacial score (nSPS) is 14.5. The van der Waals surface area contributed by atoms with Crippen LogP contribution in [0.3, 0.4) is 0 Å². The molecule has 0 spiro atoms. The lowest BCUT2D eigenvalue weighted by molar-refractivity contribution is -0.117. The van der Waals surface area contributed by atoms with E-state index in [2.05, 4.69) is 10.6 Å². The molecule has 3 aromatic rings. The van der Waals surface area contributed by atoms with Gasteiger partial charge >= 0.3 is 6.03 Å². The maximum absolute atomic E-state index is 13.0.